The SMILES string of the molecule is COc1ccc(Cc2cc(-c3ccccc3OC)ncn2)cc1CN1C(=O)c2ccccc2C1=O. The highest BCUT2D eigenvalue weighted by Gasteiger charge is 2.35. The lowest BCUT2D eigenvalue weighted by molar-refractivity contribution is 0.0641. The first-order valence-electron chi connectivity index (χ1n) is 11.1. The minimum atomic E-state index is -0.296. The standard InChI is InChI=1S/C28H23N3O4/c1-34-25-12-11-18(13-19(25)16-31-27(32)21-7-3-4-8-22(21)28(31)33)14-20-15-24(30-17-29-20)23-9-5-6-10-26(23)35-2/h3-13,15,17H,14,16H2,1-2H3. The van der Waals surface area contributed by atoms with Gasteiger partial charge in [0.25, 0.3) is 11.8 Å². The third-order valence-corrected chi connectivity index (χ3v) is 6.04. The van der Waals surface area contributed by atoms with E-state index in [9.17, 15) is 9.59 Å². The molecule has 0 spiro atoms. The highest BCUT2D eigenvalue weighted by atomic mass is 16.5. The summed E-state index contributed by atoms with van der Waals surface area (Å²) >= 11 is 0. The van der Waals surface area contributed by atoms with E-state index in [-0.39, 0.29) is 18.4 Å². The molecule has 2 amide bonds. The Bertz CT molecular complexity index is 1400. The maximum atomic E-state index is 12.8. The molecule has 7 heteroatoms. The third kappa shape index (κ3) is 4.24. The van der Waals surface area contributed by atoms with E-state index in [2.05, 4.69) is 9.97 Å². The fourth-order valence-corrected chi connectivity index (χ4v) is 4.33. The second-order valence-electron chi connectivity index (χ2n) is 8.16. The second kappa shape index (κ2) is 9.38. The number of imide groups is 1. The van der Waals surface area contributed by atoms with Crippen LogP contribution < -0.4 is 9.47 Å². The number of hydrogen-bond donors (Lipinski definition) is 0. The number of amides is 2. The van der Waals surface area contributed by atoms with Crippen molar-refractivity contribution in [2.75, 3.05) is 14.2 Å². The summed E-state index contributed by atoms with van der Waals surface area (Å²) in [4.78, 5) is 35.8. The van der Waals surface area contributed by atoms with Gasteiger partial charge in [0.1, 0.15) is 17.8 Å². The fourth-order valence-electron chi connectivity index (χ4n) is 4.33. The summed E-state index contributed by atoms with van der Waals surface area (Å²) in [6.45, 7) is 0.125. The van der Waals surface area contributed by atoms with E-state index in [1.54, 1.807) is 44.8 Å². The Morgan fingerprint density at radius 2 is 1.40 bits per heavy atom. The molecule has 0 unspecified atom stereocenters. The van der Waals surface area contributed by atoms with Gasteiger partial charge in [-0.15, -0.1) is 0 Å². The molecule has 1 aliphatic heterocycles. The fraction of sp³-hybridized carbons (Fsp3) is 0.143. The van der Waals surface area contributed by atoms with Crippen LogP contribution in [-0.2, 0) is 13.0 Å². The first kappa shape index (κ1) is 22.3. The predicted molar refractivity (Wildman–Crippen MR) is 130 cm³/mol. The molecule has 174 valence electrons. The van der Waals surface area contributed by atoms with Crippen molar-refractivity contribution in [3.8, 4) is 22.8 Å². The Balaban J connectivity index is 1.41. The van der Waals surface area contributed by atoms with Gasteiger partial charge >= 0.3 is 0 Å². The number of carbonyl (C=O) groups is 2. The van der Waals surface area contributed by atoms with Crippen molar-refractivity contribution >= 4 is 11.8 Å². The van der Waals surface area contributed by atoms with Crippen LogP contribution in [0.3, 0.4) is 0 Å². The lowest BCUT2D eigenvalue weighted by Crippen LogP contribution is -2.29. The average molecular weight is 466 g/mol. The van der Waals surface area contributed by atoms with E-state index in [1.165, 1.54) is 4.90 Å². The molecule has 4 aromatic rings. The number of ether oxygens (including phenoxy) is 2. The van der Waals surface area contributed by atoms with E-state index in [0.717, 1.165) is 33.8 Å². The van der Waals surface area contributed by atoms with Gasteiger partial charge < -0.3 is 9.47 Å². The number of nitrogens with zero attached hydrogens (tertiary/aromatic N) is 3. The zero-order valence-electron chi connectivity index (χ0n) is 19.4. The topological polar surface area (TPSA) is 81.6 Å². The molecule has 0 atom stereocenters. The average Bonchev–Trinajstić information content (AvgIpc) is 3.14. The van der Waals surface area contributed by atoms with Crippen LogP contribution in [0.25, 0.3) is 11.3 Å². The van der Waals surface area contributed by atoms with Gasteiger partial charge in [-0.2, -0.15) is 0 Å². The van der Waals surface area contributed by atoms with Crippen LogP contribution in [-0.4, -0.2) is 40.9 Å². The Labute approximate surface area is 203 Å². The summed E-state index contributed by atoms with van der Waals surface area (Å²) in [6.07, 6.45) is 2.09. The van der Waals surface area contributed by atoms with Gasteiger partial charge in [-0.3, -0.25) is 14.5 Å². The Morgan fingerprint density at radius 3 is 2.09 bits per heavy atom. The number of methoxy groups -OCH3 is 2. The van der Waals surface area contributed by atoms with E-state index >= 15 is 0 Å². The number of carbonyl (C=O) groups excluding carboxylic acids is 2. The number of benzene rings is 3. The molecule has 1 aliphatic rings. The first-order chi connectivity index (χ1) is 17.1. The highest BCUT2D eigenvalue weighted by molar-refractivity contribution is 6.21. The minimum Gasteiger partial charge on any atom is -0.496 e. The second-order valence-corrected chi connectivity index (χ2v) is 8.16. The van der Waals surface area contributed by atoms with Gasteiger partial charge in [0, 0.05) is 23.2 Å². The van der Waals surface area contributed by atoms with Crippen LogP contribution in [0, 0.1) is 0 Å². The molecule has 7 nitrogen and oxygen atoms in total. The van der Waals surface area contributed by atoms with Gasteiger partial charge in [0.05, 0.1) is 37.6 Å². The normalized spacial score (nSPS) is 12.6. The summed E-state index contributed by atoms with van der Waals surface area (Å²) in [5.41, 5.74) is 5.07. The molecule has 2 heterocycles. The molecule has 0 N–H and O–H groups in total. The van der Waals surface area contributed by atoms with Gasteiger partial charge in [0.2, 0.25) is 0 Å². The summed E-state index contributed by atoms with van der Waals surface area (Å²) in [6, 6.07) is 22.3. The van der Waals surface area contributed by atoms with Crippen LogP contribution in [0.2, 0.25) is 0 Å². The Kier molecular flexibility index (Phi) is 5.97. The number of aromatic nitrogens is 2. The summed E-state index contributed by atoms with van der Waals surface area (Å²) in [5.74, 6) is 0.762. The molecular weight excluding hydrogens is 442 g/mol. The van der Waals surface area contributed by atoms with Crippen molar-refractivity contribution in [2.45, 2.75) is 13.0 Å². The molecular formula is C28H23N3O4. The van der Waals surface area contributed by atoms with Gasteiger partial charge in [-0.25, -0.2) is 9.97 Å². The van der Waals surface area contributed by atoms with Crippen LogP contribution in [0.1, 0.15) is 37.5 Å². The van der Waals surface area contributed by atoms with Gasteiger partial charge in [-0.1, -0.05) is 30.3 Å². The highest BCUT2D eigenvalue weighted by Crippen LogP contribution is 2.30. The van der Waals surface area contributed by atoms with E-state index < -0.39 is 0 Å². The molecule has 0 aliphatic carbocycles. The van der Waals surface area contributed by atoms with Crippen molar-refractivity contribution in [1.29, 1.82) is 0 Å². The van der Waals surface area contributed by atoms with E-state index in [4.69, 9.17) is 9.47 Å². The lowest BCUT2D eigenvalue weighted by Gasteiger charge is -2.17. The molecule has 1 aromatic heterocycles. The van der Waals surface area contributed by atoms with Crippen molar-refractivity contribution in [2.24, 2.45) is 0 Å². The molecule has 0 radical (unpaired) electrons. The smallest absolute Gasteiger partial charge is 0.261 e. The van der Waals surface area contributed by atoms with Crippen molar-refractivity contribution in [3.05, 3.63) is 107 Å². The number of rotatable bonds is 7. The Morgan fingerprint density at radius 1 is 0.743 bits per heavy atom. The summed E-state index contributed by atoms with van der Waals surface area (Å²) in [5, 5.41) is 0. The molecule has 3 aromatic carbocycles. The molecule has 5 rings (SSSR count). The third-order valence-electron chi connectivity index (χ3n) is 6.04. The molecule has 0 bridgehead atoms. The van der Waals surface area contributed by atoms with Gasteiger partial charge in [-0.05, 0) is 48.0 Å². The first-order valence-corrected chi connectivity index (χ1v) is 11.1. The molecule has 0 saturated carbocycles. The van der Waals surface area contributed by atoms with Crippen LogP contribution in [0.4, 0.5) is 0 Å². The minimum absolute atomic E-state index is 0.125. The number of hydrogen-bond acceptors (Lipinski definition) is 6. The van der Waals surface area contributed by atoms with Crippen molar-refractivity contribution in [1.82, 2.24) is 14.9 Å². The van der Waals surface area contributed by atoms with Crippen molar-refractivity contribution < 1.29 is 19.1 Å². The predicted octanol–water partition coefficient (Wildman–Crippen LogP) is 4.55. The summed E-state index contributed by atoms with van der Waals surface area (Å²) < 4.78 is 11.0. The molecule has 35 heavy (non-hydrogen) atoms. The maximum absolute atomic E-state index is 12.8. The zero-order valence-corrected chi connectivity index (χ0v) is 19.4. The largest absolute Gasteiger partial charge is 0.496 e. The van der Waals surface area contributed by atoms with E-state index in [0.29, 0.717) is 23.3 Å². The van der Waals surface area contributed by atoms with Gasteiger partial charge in [0.15, 0.2) is 0 Å². The maximum Gasteiger partial charge on any atom is 0.261 e. The summed E-state index contributed by atoms with van der Waals surface area (Å²) in [7, 11) is 3.21. The monoisotopic (exact) mass is 465 g/mol. The lowest BCUT2D eigenvalue weighted by atomic mass is 10.0. The quantitative estimate of drug-likeness (QED) is 0.373. The molecule has 0 fully saturated rings. The van der Waals surface area contributed by atoms with E-state index in [1.807, 2.05) is 48.5 Å². The zero-order chi connectivity index (χ0) is 24.4. The van der Waals surface area contributed by atoms with Crippen molar-refractivity contribution in [3.63, 3.8) is 0 Å². The number of fused-ring (bicyclic) bond motifs is 1. The van der Waals surface area contributed by atoms with Crippen LogP contribution in [0.15, 0.2) is 79.1 Å². The Hall–Kier alpha value is -4.52. The number of para-hydroxylation sites is 1. The van der Waals surface area contributed by atoms with Crippen LogP contribution >= 0.6 is 0 Å². The molecule has 0 saturated heterocycles. The van der Waals surface area contributed by atoms with Crippen LogP contribution in [0.5, 0.6) is 11.5 Å².